The maximum Gasteiger partial charge on any atom is 0.325 e. The molecule has 23 heavy (non-hydrogen) atoms. The van der Waals surface area contributed by atoms with Crippen LogP contribution in [0.1, 0.15) is 84.0 Å². The Morgan fingerprint density at radius 1 is 1.00 bits per heavy atom. The van der Waals surface area contributed by atoms with Gasteiger partial charge in [-0.05, 0) is 6.42 Å². The lowest BCUT2D eigenvalue weighted by Crippen LogP contribution is -1.96. The van der Waals surface area contributed by atoms with E-state index in [0.717, 1.165) is 12.8 Å². The zero-order valence-corrected chi connectivity index (χ0v) is 16.7. The zero-order valence-electron chi connectivity index (χ0n) is 14.9. The van der Waals surface area contributed by atoms with E-state index >= 15 is 0 Å². The molecule has 0 fully saturated rings. The molecule has 0 spiro atoms. The van der Waals surface area contributed by atoms with Gasteiger partial charge in [0, 0.05) is 6.66 Å². The Kier molecular flexibility index (Phi) is 20.1. The van der Waals surface area contributed by atoms with Crippen LogP contribution in [0.3, 0.4) is 0 Å². The Morgan fingerprint density at radius 2 is 1.30 bits per heavy atom. The first-order valence-electron chi connectivity index (χ1n) is 8.77. The summed E-state index contributed by atoms with van der Waals surface area (Å²) in [4.78, 5) is 8.93. The second-order valence-corrected chi connectivity index (χ2v) is 8.26. The molecule has 140 valence electrons. The van der Waals surface area contributed by atoms with Crippen LogP contribution in [0, 0.1) is 5.41 Å². The van der Waals surface area contributed by atoms with E-state index in [4.69, 9.17) is 14.8 Å². The van der Waals surface area contributed by atoms with Gasteiger partial charge in [0.25, 0.3) is 0 Å². The highest BCUT2D eigenvalue weighted by Gasteiger charge is 2.08. The van der Waals surface area contributed by atoms with Crippen LogP contribution in [-0.2, 0) is 9.09 Å². The van der Waals surface area contributed by atoms with E-state index in [1.807, 2.05) is 0 Å². The van der Waals surface area contributed by atoms with Crippen molar-refractivity contribution in [1.29, 1.82) is 5.41 Å². The molecule has 0 saturated carbocycles. The molecule has 7 heteroatoms. The Balaban J connectivity index is 0. The quantitative estimate of drug-likeness (QED) is 0.110. The van der Waals surface area contributed by atoms with E-state index in [2.05, 4.69) is 25.3 Å². The fourth-order valence-electron chi connectivity index (χ4n) is 2.18. The van der Waals surface area contributed by atoms with Gasteiger partial charge in [-0.15, -0.1) is 12.6 Å². The molecule has 0 aliphatic heterocycles. The molecule has 0 rings (SSSR count). The van der Waals surface area contributed by atoms with Crippen molar-refractivity contribution in [3.8, 4) is 0 Å². The topological polar surface area (TPSA) is 96.4 Å². The summed E-state index contributed by atoms with van der Waals surface area (Å²) in [6.45, 7) is 3.92. The van der Waals surface area contributed by atoms with Gasteiger partial charge in [-0.1, -0.05) is 77.6 Å². The summed E-state index contributed by atoms with van der Waals surface area (Å²) in [7, 11) is -3.25. The molecule has 0 aliphatic carbocycles. The lowest BCUT2D eigenvalue weighted by Gasteiger charge is -2.06. The molecular weight excluding hydrogens is 331 g/mol. The third-order valence-electron chi connectivity index (χ3n) is 3.33. The minimum atomic E-state index is -3.25. The van der Waals surface area contributed by atoms with E-state index in [-0.39, 0.29) is 5.17 Å². The van der Waals surface area contributed by atoms with E-state index in [1.165, 1.54) is 70.9 Å². The largest absolute Gasteiger partial charge is 0.379 e. The molecule has 0 heterocycles. The van der Waals surface area contributed by atoms with Crippen molar-refractivity contribution in [2.24, 2.45) is 5.73 Å². The zero-order chi connectivity index (χ0) is 18.0. The molecular formula is C16H37N2O3PS. The lowest BCUT2D eigenvalue weighted by molar-refractivity contribution is 0.257. The minimum absolute atomic E-state index is 0.139. The van der Waals surface area contributed by atoms with E-state index in [0.29, 0.717) is 6.61 Å². The molecule has 0 bridgehead atoms. The lowest BCUT2D eigenvalue weighted by atomic mass is 10.1. The van der Waals surface area contributed by atoms with Crippen molar-refractivity contribution in [3.05, 3.63) is 0 Å². The summed E-state index contributed by atoms with van der Waals surface area (Å²) >= 11 is 3.33. The summed E-state index contributed by atoms with van der Waals surface area (Å²) in [6.07, 6.45) is 15.5. The predicted molar refractivity (Wildman–Crippen MR) is 104 cm³/mol. The normalized spacial score (nSPS) is 13.0. The number of rotatable bonds is 14. The molecule has 4 N–H and O–H groups in total. The van der Waals surface area contributed by atoms with Gasteiger partial charge in [-0.2, -0.15) is 0 Å². The van der Waals surface area contributed by atoms with E-state index in [9.17, 15) is 4.57 Å². The first kappa shape index (κ1) is 25.2. The highest BCUT2D eigenvalue weighted by Crippen LogP contribution is 2.36. The number of unbranched alkanes of at least 4 members (excludes halogenated alkanes) is 11. The Morgan fingerprint density at radius 3 is 1.61 bits per heavy atom. The van der Waals surface area contributed by atoms with Crippen LogP contribution in [-0.4, -0.2) is 23.3 Å². The SMILES string of the molecule is CCCCCCCCCCCCCCOP(C)(=O)O.N=C(N)S. The first-order chi connectivity index (χ1) is 10.8. The van der Waals surface area contributed by atoms with Crippen LogP contribution >= 0.6 is 20.2 Å². The molecule has 0 aromatic carbocycles. The van der Waals surface area contributed by atoms with Crippen LogP contribution in [0.15, 0.2) is 0 Å². The van der Waals surface area contributed by atoms with Gasteiger partial charge in [0.15, 0.2) is 0 Å². The van der Waals surface area contributed by atoms with Crippen molar-refractivity contribution in [2.75, 3.05) is 13.3 Å². The maximum absolute atomic E-state index is 10.8. The fraction of sp³-hybridized carbons (Fsp3) is 0.938. The van der Waals surface area contributed by atoms with Crippen LogP contribution in [0.25, 0.3) is 0 Å². The van der Waals surface area contributed by atoms with Crippen LogP contribution in [0.2, 0.25) is 0 Å². The molecule has 1 unspecified atom stereocenters. The number of nitrogens with two attached hydrogens (primary N) is 1. The number of amidine groups is 1. The van der Waals surface area contributed by atoms with Crippen molar-refractivity contribution < 1.29 is 14.0 Å². The van der Waals surface area contributed by atoms with Gasteiger partial charge >= 0.3 is 7.60 Å². The monoisotopic (exact) mass is 368 g/mol. The summed E-state index contributed by atoms with van der Waals surface area (Å²) in [6, 6.07) is 0. The summed E-state index contributed by atoms with van der Waals surface area (Å²) in [5.74, 6) is 0. The highest BCUT2D eigenvalue weighted by molar-refractivity contribution is 7.96. The van der Waals surface area contributed by atoms with E-state index < -0.39 is 7.60 Å². The number of nitrogens with one attached hydrogen (secondary N) is 1. The molecule has 0 aromatic rings. The van der Waals surface area contributed by atoms with Crippen LogP contribution in [0.4, 0.5) is 0 Å². The van der Waals surface area contributed by atoms with Crippen molar-refractivity contribution >= 4 is 25.4 Å². The Hall–Kier alpha value is -0.0300. The molecule has 0 saturated heterocycles. The molecule has 0 amide bonds. The average Bonchev–Trinajstić information content (AvgIpc) is 2.42. The maximum atomic E-state index is 10.8. The molecule has 1 atom stereocenters. The Bertz CT molecular complexity index is 308. The fourth-order valence-corrected chi connectivity index (χ4v) is 2.64. The van der Waals surface area contributed by atoms with Gasteiger partial charge in [0.1, 0.15) is 5.17 Å². The number of hydrogen-bond donors (Lipinski definition) is 4. The molecule has 5 nitrogen and oxygen atoms in total. The summed E-state index contributed by atoms with van der Waals surface area (Å²) < 4.78 is 15.7. The van der Waals surface area contributed by atoms with Gasteiger partial charge in [0.2, 0.25) is 0 Å². The minimum Gasteiger partial charge on any atom is -0.379 e. The van der Waals surface area contributed by atoms with Crippen LogP contribution < -0.4 is 5.73 Å². The standard InChI is InChI=1S/C15H33O3P.CH4N2S/c1-3-4-5-6-7-8-9-10-11-12-13-14-15-18-19(2,16)17;2-1(3)4/h3-15H2,1-2H3,(H,16,17);(H4,2,3,4). The summed E-state index contributed by atoms with van der Waals surface area (Å²) in [5.41, 5.74) is 4.56. The third-order valence-corrected chi connectivity index (χ3v) is 3.99. The van der Waals surface area contributed by atoms with Crippen molar-refractivity contribution in [3.63, 3.8) is 0 Å². The summed E-state index contributed by atoms with van der Waals surface area (Å²) in [5, 5.41) is 6.00. The average molecular weight is 369 g/mol. The third kappa shape index (κ3) is 34.4. The first-order valence-corrected chi connectivity index (χ1v) is 11.2. The Labute approximate surface area is 148 Å². The molecule has 0 radical (unpaired) electrons. The number of hydrogen-bond acceptors (Lipinski definition) is 3. The van der Waals surface area contributed by atoms with Gasteiger partial charge < -0.3 is 15.2 Å². The predicted octanol–water partition coefficient (Wildman–Crippen LogP) is 5.33. The smallest absolute Gasteiger partial charge is 0.325 e. The van der Waals surface area contributed by atoms with Crippen molar-refractivity contribution in [2.45, 2.75) is 84.0 Å². The van der Waals surface area contributed by atoms with Crippen LogP contribution in [0.5, 0.6) is 0 Å². The van der Waals surface area contributed by atoms with Gasteiger partial charge in [-0.25, -0.2) is 0 Å². The number of thiol groups is 1. The van der Waals surface area contributed by atoms with Gasteiger partial charge in [0.05, 0.1) is 6.61 Å². The molecule has 0 aromatic heterocycles. The second kappa shape index (κ2) is 18.3. The van der Waals surface area contributed by atoms with E-state index in [1.54, 1.807) is 0 Å². The van der Waals surface area contributed by atoms with Crippen molar-refractivity contribution in [1.82, 2.24) is 0 Å². The van der Waals surface area contributed by atoms with Gasteiger partial charge in [-0.3, -0.25) is 9.97 Å². The second-order valence-electron chi connectivity index (χ2n) is 5.91. The highest BCUT2D eigenvalue weighted by atomic mass is 32.1. The molecule has 0 aliphatic rings.